The molecule has 13 heteroatoms. The highest BCUT2D eigenvalue weighted by Gasteiger charge is 2.10. The first-order chi connectivity index (χ1) is 19.4. The number of aliphatic hydroxyl groups is 3. The predicted octanol–water partition coefficient (Wildman–Crippen LogP) is 0.300. The predicted molar refractivity (Wildman–Crippen MR) is 149 cm³/mol. The molecule has 244 valence electrons. The van der Waals surface area contributed by atoms with Gasteiger partial charge >= 0.3 is 0 Å². The molecule has 3 N–H and O–H groups in total. The number of ether oxygens (including phenoxy) is 10. The van der Waals surface area contributed by atoms with Crippen molar-refractivity contribution in [2.45, 2.75) is 52.1 Å². The largest absolute Gasteiger partial charge is 0.394 e. The van der Waals surface area contributed by atoms with Crippen LogP contribution in [0.5, 0.6) is 0 Å². The molecule has 0 aromatic rings. The number of aliphatic hydroxyl groups excluding tert-OH is 3. The van der Waals surface area contributed by atoms with Gasteiger partial charge in [-0.3, -0.25) is 0 Å². The van der Waals surface area contributed by atoms with Crippen molar-refractivity contribution in [2.24, 2.45) is 0 Å². The van der Waals surface area contributed by atoms with E-state index in [-0.39, 0.29) is 31.5 Å². The second kappa shape index (κ2) is 34.7. The molecule has 0 bridgehead atoms. The number of hydrogen-bond donors (Lipinski definition) is 3. The lowest BCUT2D eigenvalue weighted by Gasteiger charge is -2.19. The molecule has 0 saturated heterocycles. The van der Waals surface area contributed by atoms with Crippen LogP contribution in [-0.2, 0) is 47.4 Å². The fourth-order valence-corrected chi connectivity index (χ4v) is 2.46. The summed E-state index contributed by atoms with van der Waals surface area (Å²) in [5.74, 6) is 0. The second-order valence-corrected chi connectivity index (χ2v) is 8.85. The first-order valence-electron chi connectivity index (χ1n) is 14.1. The van der Waals surface area contributed by atoms with Crippen LogP contribution >= 0.6 is 0 Å². The topological polar surface area (TPSA) is 153 Å². The van der Waals surface area contributed by atoms with E-state index >= 15 is 0 Å². The molecule has 0 heterocycles. The van der Waals surface area contributed by atoms with Crippen molar-refractivity contribution in [1.82, 2.24) is 0 Å². The maximum atomic E-state index is 9.04. The maximum absolute atomic E-state index is 9.04. The summed E-state index contributed by atoms with van der Waals surface area (Å²) in [6.07, 6.45) is -0.711. The highest BCUT2D eigenvalue weighted by atomic mass is 16.6. The lowest BCUT2D eigenvalue weighted by Crippen LogP contribution is -2.27. The van der Waals surface area contributed by atoms with Crippen LogP contribution < -0.4 is 0 Å². The molecule has 0 saturated carbocycles. The number of hydrogen-bond acceptors (Lipinski definition) is 13. The molecule has 0 fully saturated rings. The van der Waals surface area contributed by atoms with E-state index in [0.29, 0.717) is 106 Å². The van der Waals surface area contributed by atoms with Gasteiger partial charge in [-0.05, 0) is 27.7 Å². The highest BCUT2D eigenvalue weighted by molar-refractivity contribution is 4.55. The van der Waals surface area contributed by atoms with E-state index < -0.39 is 6.10 Å². The zero-order valence-electron chi connectivity index (χ0n) is 25.5. The standard InChI is InChI=1S/C15H32O8.C12H26O5/c1-17-4-5-19-8-9-21-12-13-23-15-14-22-11-10-20-7-6-18-3-2-16;1-9(14)6-15-11(3)8-17-12(4)7-16-10(2)5-13/h16H,2-15H2,1H3;9-14H,5-8H2,1-4H3. The van der Waals surface area contributed by atoms with Crippen LogP contribution in [0.25, 0.3) is 0 Å². The normalized spacial score (nSPS) is 14.4. The molecular formula is C27H58O13. The fourth-order valence-electron chi connectivity index (χ4n) is 2.46. The average Bonchev–Trinajstić information content (AvgIpc) is 2.95. The third-order valence-electron chi connectivity index (χ3n) is 4.64. The summed E-state index contributed by atoms with van der Waals surface area (Å²) in [5.41, 5.74) is 0. The summed E-state index contributed by atoms with van der Waals surface area (Å²) in [4.78, 5) is 0. The van der Waals surface area contributed by atoms with Gasteiger partial charge in [0.2, 0.25) is 0 Å². The minimum atomic E-state index is -0.455. The summed E-state index contributed by atoms with van der Waals surface area (Å²) >= 11 is 0. The molecule has 0 amide bonds. The Kier molecular flexibility index (Phi) is 36.1. The Bertz CT molecular complexity index is 440. The van der Waals surface area contributed by atoms with Crippen LogP contribution in [0.4, 0.5) is 0 Å². The second-order valence-electron chi connectivity index (χ2n) is 8.85. The molecule has 0 aliphatic carbocycles. The van der Waals surface area contributed by atoms with Crippen molar-refractivity contribution in [2.75, 3.05) is 126 Å². The van der Waals surface area contributed by atoms with Gasteiger partial charge in [0.05, 0.1) is 143 Å². The monoisotopic (exact) mass is 590 g/mol. The Morgan fingerprint density at radius 3 is 1.10 bits per heavy atom. The molecule has 0 radical (unpaired) electrons. The Morgan fingerprint density at radius 2 is 0.775 bits per heavy atom. The minimum Gasteiger partial charge on any atom is -0.394 e. The van der Waals surface area contributed by atoms with Crippen LogP contribution in [0.1, 0.15) is 27.7 Å². The number of rotatable bonds is 30. The molecule has 0 aromatic carbocycles. The van der Waals surface area contributed by atoms with Gasteiger partial charge in [0, 0.05) is 7.11 Å². The average molecular weight is 591 g/mol. The molecule has 0 aliphatic rings. The van der Waals surface area contributed by atoms with Gasteiger partial charge in [0.25, 0.3) is 0 Å². The zero-order valence-corrected chi connectivity index (χ0v) is 25.5. The van der Waals surface area contributed by atoms with Gasteiger partial charge in [0.1, 0.15) is 0 Å². The van der Waals surface area contributed by atoms with Crippen molar-refractivity contribution < 1.29 is 62.7 Å². The molecule has 0 spiro atoms. The molecule has 0 aromatic heterocycles. The van der Waals surface area contributed by atoms with E-state index in [9.17, 15) is 0 Å². The first-order valence-corrected chi connectivity index (χ1v) is 14.1. The van der Waals surface area contributed by atoms with Gasteiger partial charge in [-0.25, -0.2) is 0 Å². The lowest BCUT2D eigenvalue weighted by atomic mass is 10.3. The van der Waals surface area contributed by atoms with Crippen molar-refractivity contribution in [1.29, 1.82) is 0 Å². The summed E-state index contributed by atoms with van der Waals surface area (Å²) in [6.45, 7) is 15.4. The third kappa shape index (κ3) is 37.5. The Balaban J connectivity index is 0. The number of methoxy groups -OCH3 is 1. The van der Waals surface area contributed by atoms with Crippen LogP contribution in [0.15, 0.2) is 0 Å². The SMILES string of the molecule is CC(O)COC(C)COC(C)COC(C)CO.COCCOCCOCCOCCOCCOCCOCCO. The van der Waals surface area contributed by atoms with Crippen LogP contribution in [-0.4, -0.2) is 166 Å². The third-order valence-corrected chi connectivity index (χ3v) is 4.64. The van der Waals surface area contributed by atoms with E-state index in [4.69, 9.17) is 62.7 Å². The molecule has 13 nitrogen and oxygen atoms in total. The van der Waals surface area contributed by atoms with Gasteiger partial charge < -0.3 is 62.7 Å². The van der Waals surface area contributed by atoms with Crippen LogP contribution in [0.2, 0.25) is 0 Å². The Morgan fingerprint density at radius 1 is 0.450 bits per heavy atom. The lowest BCUT2D eigenvalue weighted by molar-refractivity contribution is -0.0825. The maximum Gasteiger partial charge on any atom is 0.0781 e. The van der Waals surface area contributed by atoms with E-state index in [1.807, 2.05) is 13.8 Å². The van der Waals surface area contributed by atoms with E-state index in [1.54, 1.807) is 21.0 Å². The van der Waals surface area contributed by atoms with Crippen molar-refractivity contribution in [3.63, 3.8) is 0 Å². The van der Waals surface area contributed by atoms with Gasteiger partial charge in [-0.2, -0.15) is 0 Å². The summed E-state index contributed by atoms with van der Waals surface area (Å²) in [7, 11) is 1.64. The van der Waals surface area contributed by atoms with Crippen molar-refractivity contribution in [3.05, 3.63) is 0 Å². The fraction of sp³-hybridized carbons (Fsp3) is 1.00. The first kappa shape index (κ1) is 41.6. The van der Waals surface area contributed by atoms with Crippen molar-refractivity contribution in [3.8, 4) is 0 Å². The summed E-state index contributed by atoms with van der Waals surface area (Å²) in [6, 6.07) is 0. The van der Waals surface area contributed by atoms with Crippen LogP contribution in [0.3, 0.4) is 0 Å². The molecule has 0 rings (SSSR count). The quantitative estimate of drug-likeness (QED) is 0.0984. The van der Waals surface area contributed by atoms with Gasteiger partial charge in [0.15, 0.2) is 0 Å². The highest BCUT2D eigenvalue weighted by Crippen LogP contribution is 2.00. The Labute approximate surface area is 241 Å². The molecule has 40 heavy (non-hydrogen) atoms. The van der Waals surface area contributed by atoms with E-state index in [2.05, 4.69) is 0 Å². The van der Waals surface area contributed by atoms with Crippen LogP contribution in [0, 0.1) is 0 Å². The summed E-state index contributed by atoms with van der Waals surface area (Å²) < 4.78 is 52.6. The molecule has 4 unspecified atom stereocenters. The van der Waals surface area contributed by atoms with Gasteiger partial charge in [-0.15, -0.1) is 0 Å². The van der Waals surface area contributed by atoms with E-state index in [1.165, 1.54) is 0 Å². The minimum absolute atomic E-state index is 0.0145. The molecular weight excluding hydrogens is 532 g/mol. The Hall–Kier alpha value is -0.520. The smallest absolute Gasteiger partial charge is 0.0781 e. The summed E-state index contributed by atoms with van der Waals surface area (Å²) in [5, 5.41) is 26.3. The van der Waals surface area contributed by atoms with Crippen molar-refractivity contribution >= 4 is 0 Å². The van der Waals surface area contributed by atoms with Gasteiger partial charge in [-0.1, -0.05) is 0 Å². The van der Waals surface area contributed by atoms with E-state index in [0.717, 1.165) is 0 Å². The zero-order chi connectivity index (χ0) is 30.1. The molecule has 4 atom stereocenters. The molecule has 0 aliphatic heterocycles.